The summed E-state index contributed by atoms with van der Waals surface area (Å²) < 4.78 is 0. The van der Waals surface area contributed by atoms with Crippen molar-refractivity contribution in [3.05, 3.63) is 27.6 Å². The van der Waals surface area contributed by atoms with Gasteiger partial charge in [0, 0.05) is 11.4 Å². The highest BCUT2D eigenvalue weighted by Crippen LogP contribution is 2.27. The van der Waals surface area contributed by atoms with Gasteiger partial charge in [-0.3, -0.25) is 0 Å². The molecule has 0 aliphatic carbocycles. The van der Waals surface area contributed by atoms with E-state index in [0.29, 0.717) is 11.4 Å². The molecule has 0 unspecified atom stereocenters. The third-order valence-electron chi connectivity index (χ3n) is 2.70. The van der Waals surface area contributed by atoms with Crippen molar-refractivity contribution in [1.82, 2.24) is 9.97 Å². The lowest BCUT2D eigenvalue weighted by Gasteiger charge is -2.07. The smallest absolute Gasteiger partial charge is 0.144 e. The molecular formula is C14H16N4S. The van der Waals surface area contributed by atoms with Crippen molar-refractivity contribution in [2.45, 2.75) is 27.2 Å². The topological polar surface area (TPSA) is 61.6 Å². The van der Waals surface area contributed by atoms with Gasteiger partial charge in [-0.05, 0) is 32.4 Å². The van der Waals surface area contributed by atoms with Gasteiger partial charge in [0.15, 0.2) is 0 Å². The number of anilines is 1. The van der Waals surface area contributed by atoms with E-state index in [2.05, 4.69) is 28.3 Å². The lowest BCUT2D eigenvalue weighted by atomic mass is 10.2. The van der Waals surface area contributed by atoms with Crippen LogP contribution in [-0.4, -0.2) is 16.5 Å². The first-order valence-electron chi connectivity index (χ1n) is 6.25. The van der Waals surface area contributed by atoms with E-state index in [1.165, 1.54) is 0 Å². The number of rotatable bonds is 4. The van der Waals surface area contributed by atoms with Gasteiger partial charge >= 0.3 is 0 Å². The second-order valence-electron chi connectivity index (χ2n) is 4.27. The standard InChI is InChI=1S/C14H16N4S/c1-4-7-16-14-11(8-15)5-6-12(18-14)13-9(2)19-10(3)17-13/h5-6H,4,7H2,1-3H3,(H,16,18). The SMILES string of the molecule is CCCNc1nc(-c2nc(C)sc2C)ccc1C#N. The number of thiazole rings is 1. The Bertz CT molecular complexity index is 625. The zero-order chi connectivity index (χ0) is 13.8. The molecule has 19 heavy (non-hydrogen) atoms. The number of aryl methyl sites for hydroxylation is 2. The van der Waals surface area contributed by atoms with Gasteiger partial charge in [0.1, 0.15) is 17.6 Å². The molecule has 1 N–H and O–H groups in total. The van der Waals surface area contributed by atoms with Gasteiger partial charge in [-0.25, -0.2) is 9.97 Å². The van der Waals surface area contributed by atoms with E-state index in [9.17, 15) is 0 Å². The summed E-state index contributed by atoms with van der Waals surface area (Å²) in [5.74, 6) is 0.645. The molecule has 0 spiro atoms. The summed E-state index contributed by atoms with van der Waals surface area (Å²) >= 11 is 1.66. The van der Waals surface area contributed by atoms with Crippen LogP contribution in [0.2, 0.25) is 0 Å². The molecule has 2 aromatic heterocycles. The molecule has 0 amide bonds. The van der Waals surface area contributed by atoms with Gasteiger partial charge in [0.2, 0.25) is 0 Å². The highest BCUT2D eigenvalue weighted by molar-refractivity contribution is 7.11. The summed E-state index contributed by atoms with van der Waals surface area (Å²) in [5, 5.41) is 13.3. The van der Waals surface area contributed by atoms with Gasteiger partial charge in [-0.15, -0.1) is 11.3 Å². The van der Waals surface area contributed by atoms with Crippen molar-refractivity contribution < 1.29 is 0 Å². The molecule has 98 valence electrons. The molecule has 0 atom stereocenters. The second-order valence-corrected chi connectivity index (χ2v) is 5.68. The summed E-state index contributed by atoms with van der Waals surface area (Å²) in [7, 11) is 0. The van der Waals surface area contributed by atoms with E-state index < -0.39 is 0 Å². The molecule has 0 fully saturated rings. The summed E-state index contributed by atoms with van der Waals surface area (Å²) in [6, 6.07) is 5.82. The molecule has 0 radical (unpaired) electrons. The van der Waals surface area contributed by atoms with Crippen LogP contribution in [0.1, 0.15) is 28.8 Å². The predicted molar refractivity (Wildman–Crippen MR) is 78.3 cm³/mol. The van der Waals surface area contributed by atoms with Crippen LogP contribution in [0.3, 0.4) is 0 Å². The maximum Gasteiger partial charge on any atom is 0.144 e. The van der Waals surface area contributed by atoms with Crippen molar-refractivity contribution in [3.8, 4) is 17.5 Å². The number of aromatic nitrogens is 2. The number of nitrogens with zero attached hydrogens (tertiary/aromatic N) is 3. The summed E-state index contributed by atoms with van der Waals surface area (Å²) in [5.41, 5.74) is 2.30. The van der Waals surface area contributed by atoms with Crippen LogP contribution in [-0.2, 0) is 0 Å². The molecule has 2 aromatic rings. The zero-order valence-corrected chi connectivity index (χ0v) is 12.1. The van der Waals surface area contributed by atoms with E-state index in [1.807, 2.05) is 19.9 Å². The van der Waals surface area contributed by atoms with Crippen LogP contribution >= 0.6 is 11.3 Å². The summed E-state index contributed by atoms with van der Waals surface area (Å²) in [4.78, 5) is 10.2. The molecule has 0 aromatic carbocycles. The Labute approximate surface area is 117 Å². The van der Waals surface area contributed by atoms with Crippen molar-refractivity contribution >= 4 is 17.2 Å². The first-order valence-corrected chi connectivity index (χ1v) is 7.06. The van der Waals surface area contributed by atoms with Crippen LogP contribution in [0.25, 0.3) is 11.4 Å². The van der Waals surface area contributed by atoms with Gasteiger partial charge in [-0.2, -0.15) is 5.26 Å². The maximum atomic E-state index is 9.09. The Hall–Kier alpha value is -1.93. The number of hydrogen-bond acceptors (Lipinski definition) is 5. The van der Waals surface area contributed by atoms with Crippen molar-refractivity contribution in [1.29, 1.82) is 5.26 Å². The van der Waals surface area contributed by atoms with Crippen LogP contribution in [0.5, 0.6) is 0 Å². The number of pyridine rings is 1. The summed E-state index contributed by atoms with van der Waals surface area (Å²) in [6.45, 7) is 6.91. The van der Waals surface area contributed by atoms with Crippen molar-refractivity contribution in [3.63, 3.8) is 0 Å². The first kappa shape index (κ1) is 13.5. The Kier molecular flexibility index (Phi) is 4.13. The number of hydrogen-bond donors (Lipinski definition) is 1. The molecule has 2 heterocycles. The van der Waals surface area contributed by atoms with Crippen LogP contribution in [0.4, 0.5) is 5.82 Å². The average molecular weight is 272 g/mol. The third-order valence-corrected chi connectivity index (χ3v) is 3.59. The van der Waals surface area contributed by atoms with Gasteiger partial charge in [0.25, 0.3) is 0 Å². The quantitative estimate of drug-likeness (QED) is 0.925. The Balaban J connectivity index is 2.43. The fraction of sp³-hybridized carbons (Fsp3) is 0.357. The third kappa shape index (κ3) is 2.91. The molecular weight excluding hydrogens is 256 g/mol. The van der Waals surface area contributed by atoms with Crippen molar-refractivity contribution in [2.24, 2.45) is 0 Å². The lowest BCUT2D eigenvalue weighted by Crippen LogP contribution is -2.05. The second kappa shape index (κ2) is 5.81. The van der Waals surface area contributed by atoms with E-state index in [0.717, 1.165) is 34.2 Å². The number of nitriles is 1. The predicted octanol–water partition coefficient (Wildman–Crippen LogP) is 3.52. The largest absolute Gasteiger partial charge is 0.369 e. The highest BCUT2D eigenvalue weighted by atomic mass is 32.1. The first-order chi connectivity index (χ1) is 9.15. The Morgan fingerprint density at radius 3 is 2.68 bits per heavy atom. The molecule has 0 bridgehead atoms. The fourth-order valence-corrected chi connectivity index (χ4v) is 2.65. The van der Waals surface area contributed by atoms with E-state index in [-0.39, 0.29) is 0 Å². The molecule has 0 saturated heterocycles. The molecule has 0 aliphatic rings. The number of nitrogens with one attached hydrogen (secondary N) is 1. The van der Waals surface area contributed by atoms with Crippen LogP contribution in [0, 0.1) is 25.2 Å². The molecule has 4 nitrogen and oxygen atoms in total. The minimum absolute atomic E-state index is 0.571. The molecule has 0 aliphatic heterocycles. The molecule has 5 heteroatoms. The maximum absolute atomic E-state index is 9.09. The van der Waals surface area contributed by atoms with Gasteiger partial charge < -0.3 is 5.32 Å². The minimum atomic E-state index is 0.571. The van der Waals surface area contributed by atoms with E-state index in [1.54, 1.807) is 17.4 Å². The van der Waals surface area contributed by atoms with Gasteiger partial charge in [-0.1, -0.05) is 6.92 Å². The molecule has 0 saturated carbocycles. The monoisotopic (exact) mass is 272 g/mol. The molecule has 2 rings (SSSR count). The fourth-order valence-electron chi connectivity index (χ4n) is 1.83. The van der Waals surface area contributed by atoms with Crippen molar-refractivity contribution in [2.75, 3.05) is 11.9 Å². The summed E-state index contributed by atoms with van der Waals surface area (Å²) in [6.07, 6.45) is 0.992. The minimum Gasteiger partial charge on any atom is -0.369 e. The normalized spacial score (nSPS) is 10.2. The van der Waals surface area contributed by atoms with Crippen LogP contribution in [0.15, 0.2) is 12.1 Å². The van der Waals surface area contributed by atoms with E-state index >= 15 is 0 Å². The average Bonchev–Trinajstić information content (AvgIpc) is 2.75. The Morgan fingerprint density at radius 1 is 1.32 bits per heavy atom. The van der Waals surface area contributed by atoms with Gasteiger partial charge in [0.05, 0.1) is 16.3 Å². The lowest BCUT2D eigenvalue weighted by molar-refractivity contribution is 0.968. The zero-order valence-electron chi connectivity index (χ0n) is 11.3. The van der Waals surface area contributed by atoms with E-state index in [4.69, 9.17) is 5.26 Å². The Morgan fingerprint density at radius 2 is 2.11 bits per heavy atom. The highest BCUT2D eigenvalue weighted by Gasteiger charge is 2.11. The van der Waals surface area contributed by atoms with Crippen LogP contribution < -0.4 is 5.32 Å².